The molecule has 2 amide bonds. The quantitative estimate of drug-likeness (QED) is 0.554. The zero-order chi connectivity index (χ0) is 20.5. The minimum absolute atomic E-state index is 0.00709. The van der Waals surface area contributed by atoms with Gasteiger partial charge in [-0.3, -0.25) is 4.79 Å². The van der Waals surface area contributed by atoms with Crippen LogP contribution in [0.2, 0.25) is 5.02 Å². The van der Waals surface area contributed by atoms with Crippen molar-refractivity contribution in [3.8, 4) is 0 Å². The molecule has 0 radical (unpaired) electrons. The maximum absolute atomic E-state index is 12.9. The number of piperidine rings is 2. The Hall–Kier alpha value is -1.27. The number of ether oxygens (including phenoxy) is 1. The third kappa shape index (κ3) is 4.82. The minimum atomic E-state index is -0.467. The van der Waals surface area contributed by atoms with E-state index < -0.39 is 5.60 Å². The number of likely N-dealkylation sites (tertiary alicyclic amines) is 2. The highest BCUT2D eigenvalue weighted by molar-refractivity contribution is 9.10. The fourth-order valence-corrected chi connectivity index (χ4v) is 4.59. The zero-order valence-electron chi connectivity index (χ0n) is 16.8. The van der Waals surface area contributed by atoms with E-state index in [1.807, 2.05) is 42.7 Å². The molecule has 0 unspecified atom stereocenters. The Morgan fingerprint density at radius 2 is 1.57 bits per heavy atom. The van der Waals surface area contributed by atoms with Gasteiger partial charge in [0.05, 0.1) is 10.6 Å². The molecule has 1 spiro atoms. The van der Waals surface area contributed by atoms with Gasteiger partial charge in [0, 0.05) is 30.7 Å². The normalized spacial score (nSPS) is 19.6. The Morgan fingerprint density at radius 1 is 1.04 bits per heavy atom. The van der Waals surface area contributed by atoms with Crippen LogP contribution in [0, 0.1) is 5.41 Å². The van der Waals surface area contributed by atoms with Crippen molar-refractivity contribution in [1.29, 1.82) is 0 Å². The van der Waals surface area contributed by atoms with Crippen molar-refractivity contribution < 1.29 is 14.3 Å². The number of carbonyl (C=O) groups excluding carboxylic acids is 2. The van der Waals surface area contributed by atoms with Gasteiger partial charge in [0.25, 0.3) is 5.91 Å². The van der Waals surface area contributed by atoms with Gasteiger partial charge < -0.3 is 14.5 Å². The van der Waals surface area contributed by atoms with Crippen LogP contribution >= 0.6 is 27.5 Å². The number of carbonyl (C=O) groups is 2. The van der Waals surface area contributed by atoms with E-state index in [9.17, 15) is 9.59 Å². The molecular weight excluding hydrogens is 444 g/mol. The maximum Gasteiger partial charge on any atom is 0.410 e. The van der Waals surface area contributed by atoms with Crippen LogP contribution in [0.4, 0.5) is 4.79 Å². The fourth-order valence-electron chi connectivity index (χ4n) is 4.01. The van der Waals surface area contributed by atoms with Gasteiger partial charge in [-0.25, -0.2) is 4.79 Å². The van der Waals surface area contributed by atoms with Gasteiger partial charge in [0.15, 0.2) is 0 Å². The van der Waals surface area contributed by atoms with Crippen molar-refractivity contribution in [2.45, 2.75) is 52.1 Å². The summed E-state index contributed by atoms with van der Waals surface area (Å²) in [5.41, 5.74) is 0.300. The van der Waals surface area contributed by atoms with Crippen molar-refractivity contribution in [2.24, 2.45) is 5.41 Å². The van der Waals surface area contributed by atoms with Gasteiger partial charge in [0.2, 0.25) is 0 Å². The standard InChI is InChI=1S/C21H28BrClN2O3/c1-20(2,3)28-19(27)25-13-9-21(10-14-25)7-11-24(12-8-21)18(26)15-5-4-6-16(22)17(15)23/h4-6H,7-14H2,1-3H3. The van der Waals surface area contributed by atoms with Crippen LogP contribution in [0.3, 0.4) is 0 Å². The molecule has 0 N–H and O–H groups in total. The van der Waals surface area contributed by atoms with Gasteiger partial charge >= 0.3 is 6.09 Å². The molecule has 154 valence electrons. The molecule has 2 fully saturated rings. The molecule has 2 saturated heterocycles. The van der Waals surface area contributed by atoms with Crippen molar-refractivity contribution in [2.75, 3.05) is 26.2 Å². The number of halogens is 2. The number of hydrogen-bond donors (Lipinski definition) is 0. The number of rotatable bonds is 1. The Morgan fingerprint density at radius 3 is 2.11 bits per heavy atom. The topological polar surface area (TPSA) is 49.9 Å². The SMILES string of the molecule is CC(C)(C)OC(=O)N1CCC2(CC1)CCN(C(=O)c1cccc(Br)c1Cl)CC2. The molecular formula is C21H28BrClN2O3. The molecule has 0 aromatic heterocycles. The molecule has 1 aromatic rings. The molecule has 1 aromatic carbocycles. The summed E-state index contributed by atoms with van der Waals surface area (Å²) >= 11 is 9.68. The molecule has 2 aliphatic heterocycles. The number of amides is 2. The monoisotopic (exact) mass is 470 g/mol. The van der Waals surface area contributed by atoms with Gasteiger partial charge in [0.1, 0.15) is 5.60 Å². The van der Waals surface area contributed by atoms with E-state index in [2.05, 4.69) is 15.9 Å². The third-order valence-electron chi connectivity index (χ3n) is 5.77. The molecule has 28 heavy (non-hydrogen) atoms. The first-order valence-electron chi connectivity index (χ1n) is 9.81. The largest absolute Gasteiger partial charge is 0.444 e. The van der Waals surface area contributed by atoms with Gasteiger partial charge in [-0.2, -0.15) is 0 Å². The van der Waals surface area contributed by atoms with E-state index in [0.29, 0.717) is 10.6 Å². The number of nitrogens with zero attached hydrogens (tertiary/aromatic N) is 2. The Balaban J connectivity index is 1.55. The summed E-state index contributed by atoms with van der Waals surface area (Å²) in [4.78, 5) is 28.9. The molecule has 0 saturated carbocycles. The summed E-state index contributed by atoms with van der Waals surface area (Å²) in [7, 11) is 0. The average Bonchev–Trinajstić information content (AvgIpc) is 2.63. The van der Waals surface area contributed by atoms with Crippen molar-refractivity contribution in [1.82, 2.24) is 9.80 Å². The van der Waals surface area contributed by atoms with Crippen LogP contribution in [0.25, 0.3) is 0 Å². The summed E-state index contributed by atoms with van der Waals surface area (Å²) in [5, 5.41) is 0.471. The second kappa shape index (κ2) is 8.23. The van der Waals surface area contributed by atoms with Crippen molar-refractivity contribution >= 4 is 39.5 Å². The third-order valence-corrected chi connectivity index (χ3v) is 7.07. The van der Waals surface area contributed by atoms with E-state index in [0.717, 1.165) is 56.3 Å². The molecule has 3 rings (SSSR count). The highest BCUT2D eigenvalue weighted by Gasteiger charge is 2.40. The molecule has 0 aliphatic carbocycles. The van der Waals surface area contributed by atoms with Gasteiger partial charge in [-0.15, -0.1) is 0 Å². The minimum Gasteiger partial charge on any atom is -0.444 e. The van der Waals surface area contributed by atoms with E-state index in [1.54, 1.807) is 6.07 Å². The van der Waals surface area contributed by atoms with Crippen LogP contribution in [0.15, 0.2) is 22.7 Å². The highest BCUT2D eigenvalue weighted by Crippen LogP contribution is 2.42. The van der Waals surface area contributed by atoms with Crippen LogP contribution in [0.1, 0.15) is 56.8 Å². The summed E-state index contributed by atoms with van der Waals surface area (Å²) < 4.78 is 6.23. The first-order chi connectivity index (χ1) is 13.1. The van der Waals surface area contributed by atoms with Crippen LogP contribution in [-0.4, -0.2) is 53.6 Å². The average molecular weight is 472 g/mol. The fraction of sp³-hybridized carbons (Fsp3) is 0.619. The van der Waals surface area contributed by atoms with Crippen LogP contribution in [0.5, 0.6) is 0 Å². The molecule has 0 atom stereocenters. The maximum atomic E-state index is 12.9. The second-order valence-corrected chi connectivity index (χ2v) is 10.1. The molecule has 2 heterocycles. The Labute approximate surface area is 180 Å². The van der Waals surface area contributed by atoms with E-state index in [1.165, 1.54) is 0 Å². The number of benzene rings is 1. The summed E-state index contributed by atoms with van der Waals surface area (Å²) in [6.07, 6.45) is 3.64. The van der Waals surface area contributed by atoms with Gasteiger partial charge in [-0.1, -0.05) is 17.7 Å². The van der Waals surface area contributed by atoms with E-state index in [-0.39, 0.29) is 17.4 Å². The van der Waals surface area contributed by atoms with E-state index in [4.69, 9.17) is 16.3 Å². The van der Waals surface area contributed by atoms with Crippen molar-refractivity contribution in [3.63, 3.8) is 0 Å². The highest BCUT2D eigenvalue weighted by atomic mass is 79.9. The Kier molecular flexibility index (Phi) is 6.30. The van der Waals surface area contributed by atoms with Crippen molar-refractivity contribution in [3.05, 3.63) is 33.3 Å². The lowest BCUT2D eigenvalue weighted by atomic mass is 9.71. The van der Waals surface area contributed by atoms with E-state index >= 15 is 0 Å². The predicted octanol–water partition coefficient (Wildman–Crippen LogP) is 5.36. The lowest BCUT2D eigenvalue weighted by molar-refractivity contribution is -0.00113. The molecule has 2 aliphatic rings. The summed E-state index contributed by atoms with van der Waals surface area (Å²) in [5.74, 6) is -0.00709. The second-order valence-electron chi connectivity index (χ2n) is 8.86. The predicted molar refractivity (Wildman–Crippen MR) is 114 cm³/mol. The molecule has 5 nitrogen and oxygen atoms in total. The van der Waals surface area contributed by atoms with Crippen LogP contribution < -0.4 is 0 Å². The zero-order valence-corrected chi connectivity index (χ0v) is 19.1. The lowest BCUT2D eigenvalue weighted by Crippen LogP contribution is -2.50. The summed E-state index contributed by atoms with van der Waals surface area (Å²) in [6, 6.07) is 5.45. The van der Waals surface area contributed by atoms with Gasteiger partial charge in [-0.05, 0) is 79.9 Å². The lowest BCUT2D eigenvalue weighted by Gasteiger charge is -2.46. The molecule has 0 bridgehead atoms. The summed E-state index contributed by atoms with van der Waals surface area (Å²) in [6.45, 7) is 8.57. The smallest absolute Gasteiger partial charge is 0.410 e. The Bertz CT molecular complexity index is 745. The number of hydrogen-bond acceptors (Lipinski definition) is 3. The first-order valence-corrected chi connectivity index (χ1v) is 11.0. The van der Waals surface area contributed by atoms with Crippen LogP contribution in [-0.2, 0) is 4.74 Å². The molecule has 7 heteroatoms. The first kappa shape index (κ1) is 21.4.